The van der Waals surface area contributed by atoms with Gasteiger partial charge in [0.1, 0.15) is 11.9 Å². The molecule has 1 aliphatic heterocycles. The van der Waals surface area contributed by atoms with E-state index >= 15 is 0 Å². The molecule has 1 aliphatic rings. The number of amides is 2. The van der Waals surface area contributed by atoms with E-state index < -0.39 is 0 Å². The summed E-state index contributed by atoms with van der Waals surface area (Å²) in [5.74, 6) is 1.48. The Labute approximate surface area is 146 Å². The van der Waals surface area contributed by atoms with E-state index in [0.717, 1.165) is 30.9 Å². The van der Waals surface area contributed by atoms with E-state index in [2.05, 4.69) is 17.3 Å². The van der Waals surface area contributed by atoms with E-state index in [1.807, 2.05) is 45.2 Å². The summed E-state index contributed by atoms with van der Waals surface area (Å²) in [6, 6.07) is 7.92. The van der Waals surface area contributed by atoms with Crippen LogP contribution in [0.15, 0.2) is 24.3 Å². The molecule has 1 aromatic carbocycles. The molecule has 2 rings (SSSR count). The molecular weight excluding hydrogens is 302 g/mol. The number of piperidine rings is 1. The molecule has 2 amide bonds. The Bertz CT molecular complexity index is 527. The van der Waals surface area contributed by atoms with Crippen molar-refractivity contribution in [2.75, 3.05) is 40.3 Å². The quantitative estimate of drug-likeness (QED) is 0.871. The monoisotopic (exact) mass is 333 g/mol. The van der Waals surface area contributed by atoms with Crippen molar-refractivity contribution >= 4 is 6.03 Å². The van der Waals surface area contributed by atoms with Crippen LogP contribution in [0.25, 0.3) is 0 Å². The molecule has 5 nitrogen and oxygen atoms in total. The molecule has 0 saturated carbocycles. The number of nitrogens with one attached hydrogen (secondary N) is 1. The Morgan fingerprint density at radius 3 is 2.71 bits per heavy atom. The largest absolute Gasteiger partial charge is 0.489 e. The molecule has 1 fully saturated rings. The Morgan fingerprint density at radius 1 is 1.38 bits per heavy atom. The minimum absolute atomic E-state index is 0.0193. The van der Waals surface area contributed by atoms with Gasteiger partial charge in [0.25, 0.3) is 0 Å². The summed E-state index contributed by atoms with van der Waals surface area (Å²) in [5, 5.41) is 2.97. The van der Waals surface area contributed by atoms with Gasteiger partial charge in [-0.15, -0.1) is 0 Å². The molecule has 0 spiro atoms. The number of carbonyl (C=O) groups excluding carboxylic acids is 1. The number of hydrogen-bond acceptors (Lipinski definition) is 3. The van der Waals surface area contributed by atoms with Crippen molar-refractivity contribution in [1.29, 1.82) is 0 Å². The molecule has 24 heavy (non-hydrogen) atoms. The van der Waals surface area contributed by atoms with Crippen molar-refractivity contribution in [3.8, 4) is 5.75 Å². The van der Waals surface area contributed by atoms with Gasteiger partial charge in [0, 0.05) is 13.6 Å². The topological polar surface area (TPSA) is 44.8 Å². The minimum atomic E-state index is -0.0632. The zero-order valence-electron chi connectivity index (χ0n) is 15.4. The first-order chi connectivity index (χ1) is 11.5. The Balaban J connectivity index is 1.70. The number of benzene rings is 1. The van der Waals surface area contributed by atoms with Crippen molar-refractivity contribution in [2.45, 2.75) is 32.8 Å². The lowest BCUT2D eigenvalue weighted by Crippen LogP contribution is -2.44. The van der Waals surface area contributed by atoms with E-state index in [-0.39, 0.29) is 12.1 Å². The third-order valence-electron chi connectivity index (χ3n) is 4.68. The van der Waals surface area contributed by atoms with Crippen LogP contribution in [0.3, 0.4) is 0 Å². The maximum absolute atomic E-state index is 12.3. The highest BCUT2D eigenvalue weighted by atomic mass is 16.5. The standard InChI is InChI=1S/C19H31N3O2/c1-15-7-5-6-8-18(15)24-16(2)13-20-19(23)22(4)14-17-9-11-21(3)12-10-17/h5-8,16-17H,9-14H2,1-4H3,(H,20,23). The molecule has 1 saturated heterocycles. The number of ether oxygens (including phenoxy) is 1. The second-order valence-corrected chi connectivity index (χ2v) is 7.01. The first kappa shape index (κ1) is 18.6. The molecule has 1 atom stereocenters. The molecule has 134 valence electrons. The molecule has 1 aromatic rings. The highest BCUT2D eigenvalue weighted by molar-refractivity contribution is 5.73. The predicted octanol–water partition coefficient (Wildman–Crippen LogP) is 2.75. The summed E-state index contributed by atoms with van der Waals surface area (Å²) in [6.45, 7) is 7.58. The molecule has 1 N–H and O–H groups in total. The second-order valence-electron chi connectivity index (χ2n) is 7.01. The normalized spacial score (nSPS) is 17.3. The molecular formula is C19H31N3O2. The summed E-state index contributed by atoms with van der Waals surface area (Å²) in [4.78, 5) is 16.4. The van der Waals surface area contributed by atoms with Gasteiger partial charge in [-0.1, -0.05) is 18.2 Å². The van der Waals surface area contributed by atoms with Crippen molar-refractivity contribution in [3.63, 3.8) is 0 Å². The summed E-state index contributed by atoms with van der Waals surface area (Å²) < 4.78 is 5.90. The minimum Gasteiger partial charge on any atom is -0.489 e. The van der Waals surface area contributed by atoms with Gasteiger partial charge in [-0.3, -0.25) is 0 Å². The van der Waals surface area contributed by atoms with Gasteiger partial charge in [0.05, 0.1) is 6.54 Å². The number of para-hydroxylation sites is 1. The molecule has 0 aliphatic carbocycles. The van der Waals surface area contributed by atoms with E-state index in [1.165, 1.54) is 12.8 Å². The van der Waals surface area contributed by atoms with E-state index in [9.17, 15) is 4.79 Å². The average Bonchev–Trinajstić information content (AvgIpc) is 2.57. The lowest BCUT2D eigenvalue weighted by Gasteiger charge is -2.31. The van der Waals surface area contributed by atoms with Crippen LogP contribution in [0.2, 0.25) is 0 Å². The van der Waals surface area contributed by atoms with Crippen molar-refractivity contribution < 1.29 is 9.53 Å². The van der Waals surface area contributed by atoms with E-state index in [4.69, 9.17) is 4.74 Å². The van der Waals surface area contributed by atoms with Crippen molar-refractivity contribution in [3.05, 3.63) is 29.8 Å². The lowest BCUT2D eigenvalue weighted by atomic mass is 9.97. The van der Waals surface area contributed by atoms with Crippen LogP contribution in [-0.4, -0.2) is 62.2 Å². The molecule has 1 unspecified atom stereocenters. The number of hydrogen-bond donors (Lipinski definition) is 1. The van der Waals surface area contributed by atoms with Crippen LogP contribution < -0.4 is 10.1 Å². The van der Waals surface area contributed by atoms with Crippen LogP contribution in [-0.2, 0) is 0 Å². The number of rotatable bonds is 6. The first-order valence-corrected chi connectivity index (χ1v) is 8.85. The van der Waals surface area contributed by atoms with Gasteiger partial charge in [0.2, 0.25) is 0 Å². The molecule has 0 bridgehead atoms. The fourth-order valence-corrected chi connectivity index (χ4v) is 3.03. The lowest BCUT2D eigenvalue weighted by molar-refractivity contribution is 0.164. The smallest absolute Gasteiger partial charge is 0.317 e. The van der Waals surface area contributed by atoms with Crippen LogP contribution in [0.5, 0.6) is 5.75 Å². The van der Waals surface area contributed by atoms with Crippen molar-refractivity contribution in [1.82, 2.24) is 15.1 Å². The van der Waals surface area contributed by atoms with Gasteiger partial charge in [-0.25, -0.2) is 4.79 Å². The summed E-state index contributed by atoms with van der Waals surface area (Å²) in [7, 11) is 4.03. The zero-order valence-corrected chi connectivity index (χ0v) is 15.4. The summed E-state index contributed by atoms with van der Waals surface area (Å²) in [6.07, 6.45) is 2.27. The number of likely N-dealkylation sites (tertiary alicyclic amines) is 1. The Hall–Kier alpha value is -1.75. The van der Waals surface area contributed by atoms with Crippen LogP contribution >= 0.6 is 0 Å². The first-order valence-electron chi connectivity index (χ1n) is 8.85. The van der Waals surface area contributed by atoms with Crippen LogP contribution in [0, 0.1) is 12.8 Å². The molecule has 5 heteroatoms. The van der Waals surface area contributed by atoms with Crippen molar-refractivity contribution in [2.24, 2.45) is 5.92 Å². The van der Waals surface area contributed by atoms with E-state index in [0.29, 0.717) is 12.5 Å². The van der Waals surface area contributed by atoms with Gasteiger partial charge < -0.3 is 19.9 Å². The highest BCUT2D eigenvalue weighted by Gasteiger charge is 2.20. The Morgan fingerprint density at radius 2 is 2.04 bits per heavy atom. The van der Waals surface area contributed by atoms with Crippen LogP contribution in [0.1, 0.15) is 25.3 Å². The number of nitrogens with zero attached hydrogens (tertiary/aromatic N) is 2. The summed E-state index contributed by atoms with van der Waals surface area (Å²) >= 11 is 0. The molecule has 0 aromatic heterocycles. The summed E-state index contributed by atoms with van der Waals surface area (Å²) in [5.41, 5.74) is 1.11. The van der Waals surface area contributed by atoms with Gasteiger partial charge in [-0.05, 0) is 64.4 Å². The van der Waals surface area contributed by atoms with Crippen LogP contribution in [0.4, 0.5) is 4.79 Å². The average molecular weight is 333 g/mol. The SMILES string of the molecule is Cc1ccccc1OC(C)CNC(=O)N(C)CC1CCN(C)CC1. The maximum atomic E-state index is 12.3. The third-order valence-corrected chi connectivity index (χ3v) is 4.68. The fraction of sp³-hybridized carbons (Fsp3) is 0.632. The maximum Gasteiger partial charge on any atom is 0.317 e. The molecule has 1 heterocycles. The second kappa shape index (κ2) is 8.92. The van der Waals surface area contributed by atoms with Gasteiger partial charge >= 0.3 is 6.03 Å². The predicted molar refractivity (Wildman–Crippen MR) is 97.5 cm³/mol. The third kappa shape index (κ3) is 5.71. The zero-order chi connectivity index (χ0) is 17.5. The van der Waals surface area contributed by atoms with Gasteiger partial charge in [0.15, 0.2) is 0 Å². The highest BCUT2D eigenvalue weighted by Crippen LogP contribution is 2.18. The number of urea groups is 1. The number of aryl methyl sites for hydroxylation is 1. The number of carbonyl (C=O) groups is 1. The Kier molecular flexibility index (Phi) is 6.91. The van der Waals surface area contributed by atoms with E-state index in [1.54, 1.807) is 4.90 Å². The van der Waals surface area contributed by atoms with Gasteiger partial charge in [-0.2, -0.15) is 0 Å². The molecule has 0 radical (unpaired) electrons. The fourth-order valence-electron chi connectivity index (χ4n) is 3.03.